The molecule has 1 aromatic carbocycles. The van der Waals surface area contributed by atoms with Gasteiger partial charge < -0.3 is 9.80 Å². The number of rotatable bonds is 4. The van der Waals surface area contributed by atoms with Gasteiger partial charge in [0.1, 0.15) is 6.54 Å². The highest BCUT2D eigenvalue weighted by Crippen LogP contribution is 2.19. The summed E-state index contributed by atoms with van der Waals surface area (Å²) in [6, 6.07) is 6.97. The summed E-state index contributed by atoms with van der Waals surface area (Å²) in [6.07, 6.45) is 6.65. The van der Waals surface area contributed by atoms with Crippen LogP contribution in [-0.4, -0.2) is 41.9 Å². The van der Waals surface area contributed by atoms with E-state index in [0.29, 0.717) is 12.5 Å². The highest BCUT2D eigenvalue weighted by atomic mass is 16.6. The van der Waals surface area contributed by atoms with Crippen molar-refractivity contribution in [1.29, 1.82) is 0 Å². The van der Waals surface area contributed by atoms with Crippen molar-refractivity contribution in [2.24, 2.45) is 5.92 Å². The molecule has 0 aromatic heterocycles. The Hall–Kier alpha value is -1.95. The van der Waals surface area contributed by atoms with E-state index in [-0.39, 0.29) is 16.5 Å². The molecule has 2 saturated heterocycles. The van der Waals surface area contributed by atoms with E-state index >= 15 is 0 Å². The second-order valence-corrected chi connectivity index (χ2v) is 7.35. The molecule has 2 aliphatic rings. The molecule has 136 valence electrons. The molecule has 0 saturated carbocycles. The number of carbonyl (C=O) groups excluding carboxylic acids is 1. The lowest BCUT2D eigenvalue weighted by molar-refractivity contribution is -0.921. The number of nitro benzene ring substituents is 1. The number of nitrogens with one attached hydrogen (secondary N) is 1. The first kappa shape index (κ1) is 17.9. The van der Waals surface area contributed by atoms with E-state index in [4.69, 9.17) is 0 Å². The van der Waals surface area contributed by atoms with E-state index in [1.807, 2.05) is 12.1 Å². The summed E-state index contributed by atoms with van der Waals surface area (Å²) in [5.41, 5.74) is 0.960. The molecular weight excluding hydrogens is 318 g/mol. The molecular formula is C19H28N3O3+. The maximum absolute atomic E-state index is 12.9. The number of nitrogens with zero attached hydrogens (tertiary/aromatic N) is 2. The van der Waals surface area contributed by atoms with Gasteiger partial charge in [0.25, 0.3) is 5.69 Å². The number of likely N-dealkylation sites (tertiary alicyclic amines) is 2. The molecule has 0 aliphatic carbocycles. The Morgan fingerprint density at radius 3 is 2.60 bits per heavy atom. The predicted octanol–water partition coefficient (Wildman–Crippen LogP) is 1.79. The quantitative estimate of drug-likeness (QED) is 0.668. The molecule has 2 atom stereocenters. The van der Waals surface area contributed by atoms with Gasteiger partial charge in [0.15, 0.2) is 0 Å². The molecule has 1 N–H and O–H groups in total. The summed E-state index contributed by atoms with van der Waals surface area (Å²) >= 11 is 0. The first-order valence-corrected chi connectivity index (χ1v) is 9.50. The van der Waals surface area contributed by atoms with Gasteiger partial charge in [-0.1, -0.05) is 25.0 Å². The van der Waals surface area contributed by atoms with Crippen LogP contribution in [0.4, 0.5) is 5.69 Å². The normalized spacial score (nSPS) is 24.6. The molecule has 6 heteroatoms. The topological polar surface area (TPSA) is 67.9 Å². The monoisotopic (exact) mass is 346 g/mol. The average molecular weight is 346 g/mol. The molecule has 1 aromatic rings. The standard InChI is InChI=1S/C19H27N3O3/c23-19(21-12-5-1-2-6-13-21)17-9-7-11-20(15-17)14-16-8-3-4-10-18(16)22(24)25/h3-4,8,10,17H,1-2,5-7,9,11-15H2/p+1/t17-/m0/s1. The van der Waals surface area contributed by atoms with Crippen molar-refractivity contribution in [2.75, 3.05) is 26.2 Å². The molecule has 25 heavy (non-hydrogen) atoms. The number of quaternary nitrogens is 1. The molecule has 0 radical (unpaired) electrons. The van der Waals surface area contributed by atoms with Gasteiger partial charge in [0, 0.05) is 19.2 Å². The molecule has 2 aliphatic heterocycles. The van der Waals surface area contributed by atoms with Gasteiger partial charge in [-0.25, -0.2) is 0 Å². The molecule has 1 amide bonds. The fourth-order valence-corrected chi connectivity index (χ4v) is 4.18. The Morgan fingerprint density at radius 1 is 1.16 bits per heavy atom. The Morgan fingerprint density at radius 2 is 1.88 bits per heavy atom. The van der Waals surface area contributed by atoms with Gasteiger partial charge in [-0.05, 0) is 31.7 Å². The van der Waals surface area contributed by atoms with E-state index in [1.54, 1.807) is 12.1 Å². The van der Waals surface area contributed by atoms with Crippen LogP contribution in [0.2, 0.25) is 0 Å². The molecule has 1 unspecified atom stereocenters. The first-order chi connectivity index (χ1) is 12.1. The average Bonchev–Trinajstić information content (AvgIpc) is 2.91. The zero-order chi connectivity index (χ0) is 17.6. The minimum absolute atomic E-state index is 0.0737. The van der Waals surface area contributed by atoms with E-state index in [2.05, 4.69) is 4.90 Å². The fourth-order valence-electron chi connectivity index (χ4n) is 4.18. The number of amides is 1. The third kappa shape index (κ3) is 4.57. The molecule has 2 fully saturated rings. The summed E-state index contributed by atoms with van der Waals surface area (Å²) in [4.78, 5) is 27.1. The summed E-state index contributed by atoms with van der Waals surface area (Å²) in [5.74, 6) is 0.381. The van der Waals surface area contributed by atoms with Crippen molar-refractivity contribution in [3.05, 3.63) is 39.9 Å². The summed E-state index contributed by atoms with van der Waals surface area (Å²) in [7, 11) is 0. The minimum Gasteiger partial charge on any atom is -0.342 e. The van der Waals surface area contributed by atoms with Crippen molar-refractivity contribution in [2.45, 2.75) is 45.1 Å². The molecule has 3 rings (SSSR count). The summed E-state index contributed by atoms with van der Waals surface area (Å²) in [6.45, 7) is 4.20. The van der Waals surface area contributed by atoms with E-state index in [0.717, 1.165) is 57.4 Å². The van der Waals surface area contributed by atoms with Crippen LogP contribution in [0.3, 0.4) is 0 Å². The Kier molecular flexibility index (Phi) is 6.02. The molecule has 0 bridgehead atoms. The van der Waals surface area contributed by atoms with Crippen molar-refractivity contribution >= 4 is 11.6 Å². The third-order valence-electron chi connectivity index (χ3n) is 5.51. The van der Waals surface area contributed by atoms with Gasteiger partial charge in [0.05, 0.1) is 29.5 Å². The maximum atomic E-state index is 12.9. The number of hydrogen-bond acceptors (Lipinski definition) is 3. The number of para-hydroxylation sites is 1. The zero-order valence-corrected chi connectivity index (χ0v) is 14.8. The van der Waals surface area contributed by atoms with Crippen molar-refractivity contribution in [3.8, 4) is 0 Å². The van der Waals surface area contributed by atoms with E-state index in [9.17, 15) is 14.9 Å². The lowest BCUT2D eigenvalue weighted by Gasteiger charge is -2.32. The largest absolute Gasteiger partial charge is 0.342 e. The maximum Gasteiger partial charge on any atom is 0.278 e. The van der Waals surface area contributed by atoms with Gasteiger partial charge >= 0.3 is 0 Å². The number of piperidine rings is 1. The number of carbonyl (C=O) groups is 1. The molecule has 0 spiro atoms. The van der Waals surface area contributed by atoms with Gasteiger partial charge in [0.2, 0.25) is 5.91 Å². The van der Waals surface area contributed by atoms with Crippen LogP contribution < -0.4 is 4.90 Å². The van der Waals surface area contributed by atoms with E-state index < -0.39 is 0 Å². The van der Waals surface area contributed by atoms with Crippen LogP contribution in [-0.2, 0) is 11.3 Å². The van der Waals surface area contributed by atoms with Crippen molar-refractivity contribution in [1.82, 2.24) is 4.90 Å². The van der Waals surface area contributed by atoms with Crippen LogP contribution >= 0.6 is 0 Å². The number of nitro groups is 1. The second kappa shape index (κ2) is 8.43. The Balaban J connectivity index is 1.63. The molecule has 6 nitrogen and oxygen atoms in total. The van der Waals surface area contributed by atoms with Gasteiger partial charge in [-0.15, -0.1) is 0 Å². The second-order valence-electron chi connectivity index (χ2n) is 7.35. The van der Waals surface area contributed by atoms with Crippen molar-refractivity contribution in [3.63, 3.8) is 0 Å². The Labute approximate surface area is 148 Å². The number of hydrogen-bond donors (Lipinski definition) is 1. The summed E-state index contributed by atoms with van der Waals surface area (Å²) in [5, 5.41) is 11.2. The van der Waals surface area contributed by atoms with Crippen LogP contribution in [0.15, 0.2) is 24.3 Å². The summed E-state index contributed by atoms with van der Waals surface area (Å²) < 4.78 is 0. The van der Waals surface area contributed by atoms with Crippen molar-refractivity contribution < 1.29 is 14.6 Å². The van der Waals surface area contributed by atoms with E-state index in [1.165, 1.54) is 17.7 Å². The van der Waals surface area contributed by atoms with Crippen LogP contribution in [0.5, 0.6) is 0 Å². The predicted molar refractivity (Wildman–Crippen MR) is 95.3 cm³/mol. The van der Waals surface area contributed by atoms with Gasteiger partial charge in [-0.2, -0.15) is 0 Å². The lowest BCUT2D eigenvalue weighted by Crippen LogP contribution is -3.12. The zero-order valence-electron chi connectivity index (χ0n) is 14.8. The van der Waals surface area contributed by atoms with Crippen LogP contribution in [0.25, 0.3) is 0 Å². The third-order valence-corrected chi connectivity index (χ3v) is 5.51. The molecule has 2 heterocycles. The highest BCUT2D eigenvalue weighted by molar-refractivity contribution is 5.79. The number of benzene rings is 1. The lowest BCUT2D eigenvalue weighted by atomic mass is 9.95. The fraction of sp³-hybridized carbons (Fsp3) is 0.632. The minimum atomic E-state index is -0.307. The SMILES string of the molecule is O=C([C@H]1CCC[NH+](Cc2ccccc2[N+](=O)[O-])C1)N1CCCCCC1. The highest BCUT2D eigenvalue weighted by Gasteiger charge is 2.32. The smallest absolute Gasteiger partial charge is 0.278 e. The van der Waals surface area contributed by atoms with Gasteiger partial charge in [-0.3, -0.25) is 14.9 Å². The first-order valence-electron chi connectivity index (χ1n) is 9.50. The van der Waals surface area contributed by atoms with Crippen LogP contribution in [0, 0.1) is 16.0 Å². The Bertz CT molecular complexity index is 612. The van der Waals surface area contributed by atoms with Crippen LogP contribution in [0.1, 0.15) is 44.1 Å².